The number of hydrogen-bond donors (Lipinski definition) is 1. The number of nitrogens with two attached hydrogens (primary N) is 1. The third-order valence-electron chi connectivity index (χ3n) is 2.99. The molecule has 0 radical (unpaired) electrons. The Labute approximate surface area is 111 Å². The normalized spacial score (nSPS) is 18.4. The Kier molecular flexibility index (Phi) is 3.35. The van der Waals surface area contributed by atoms with Gasteiger partial charge in [-0.25, -0.2) is 8.78 Å². The molecule has 1 amide bonds. The molecule has 3 nitrogen and oxygen atoms in total. The monoisotopic (exact) mass is 294 g/mol. The van der Waals surface area contributed by atoms with Crippen molar-refractivity contribution in [1.29, 1.82) is 0 Å². The van der Waals surface area contributed by atoms with Crippen LogP contribution in [0.5, 0.6) is 0 Å². The zero-order valence-corrected chi connectivity index (χ0v) is 10.2. The van der Waals surface area contributed by atoms with E-state index in [1.54, 1.807) is 0 Å². The van der Waals surface area contributed by atoms with Crippen molar-refractivity contribution in [1.82, 2.24) is 4.90 Å². The average molecular weight is 294 g/mol. The van der Waals surface area contributed by atoms with Crippen LogP contribution in [0.25, 0.3) is 0 Å². The summed E-state index contributed by atoms with van der Waals surface area (Å²) in [5.41, 5.74) is 3.67. The van der Waals surface area contributed by atoms with E-state index in [4.69, 9.17) is 5.73 Å². The molecule has 1 aromatic rings. The van der Waals surface area contributed by atoms with Crippen molar-refractivity contribution in [3.63, 3.8) is 0 Å². The molecule has 0 aliphatic carbocycles. The van der Waals surface area contributed by atoms with Gasteiger partial charge >= 0.3 is 6.18 Å². The summed E-state index contributed by atoms with van der Waals surface area (Å²) in [4.78, 5) is 12.8. The number of amides is 1. The molecular formula is C12H11F5N2O. The third-order valence-corrected chi connectivity index (χ3v) is 2.99. The number of benzene rings is 1. The minimum absolute atomic E-state index is 0.192. The van der Waals surface area contributed by atoms with Crippen molar-refractivity contribution in [3.8, 4) is 0 Å². The highest BCUT2D eigenvalue weighted by Crippen LogP contribution is 2.33. The van der Waals surface area contributed by atoms with Crippen molar-refractivity contribution in [2.75, 3.05) is 18.8 Å². The van der Waals surface area contributed by atoms with Crippen LogP contribution in [-0.2, 0) is 6.18 Å². The third kappa shape index (κ3) is 3.00. The van der Waals surface area contributed by atoms with Crippen LogP contribution >= 0.6 is 0 Å². The molecular weight excluding hydrogens is 283 g/mol. The van der Waals surface area contributed by atoms with E-state index < -0.39 is 36.5 Å². The molecule has 1 aliphatic rings. The summed E-state index contributed by atoms with van der Waals surface area (Å²) in [6.07, 6.45) is -5.15. The van der Waals surface area contributed by atoms with E-state index in [2.05, 4.69) is 0 Å². The first-order valence-corrected chi connectivity index (χ1v) is 5.73. The lowest BCUT2D eigenvalue weighted by Gasteiger charge is -2.17. The molecule has 1 aliphatic heterocycles. The molecule has 1 heterocycles. The molecule has 0 aromatic heterocycles. The first kappa shape index (κ1) is 14.5. The molecule has 0 unspecified atom stereocenters. The molecule has 1 aromatic carbocycles. The summed E-state index contributed by atoms with van der Waals surface area (Å²) in [6.45, 7) is -0.982. The molecule has 1 fully saturated rings. The van der Waals surface area contributed by atoms with Gasteiger partial charge in [0.25, 0.3) is 11.8 Å². The number of nitrogen functional groups attached to an aromatic ring is 1. The van der Waals surface area contributed by atoms with Crippen LogP contribution in [0.4, 0.5) is 27.6 Å². The van der Waals surface area contributed by atoms with Crippen molar-refractivity contribution in [3.05, 3.63) is 29.3 Å². The van der Waals surface area contributed by atoms with Crippen molar-refractivity contribution in [2.45, 2.75) is 18.5 Å². The predicted octanol–water partition coefficient (Wildman–Crippen LogP) is 2.77. The number of nitrogens with zero attached hydrogens (tertiary/aromatic N) is 1. The smallest absolute Gasteiger partial charge is 0.399 e. The summed E-state index contributed by atoms with van der Waals surface area (Å²) in [7, 11) is 0. The number of rotatable bonds is 1. The average Bonchev–Trinajstić information content (AvgIpc) is 2.67. The largest absolute Gasteiger partial charge is 0.416 e. The van der Waals surface area contributed by atoms with E-state index in [0.29, 0.717) is 12.1 Å². The second-order valence-corrected chi connectivity index (χ2v) is 4.67. The van der Waals surface area contributed by atoms with Crippen molar-refractivity contribution < 1.29 is 26.7 Å². The number of likely N-dealkylation sites (tertiary alicyclic amines) is 1. The number of anilines is 1. The second kappa shape index (κ2) is 4.60. The van der Waals surface area contributed by atoms with Gasteiger partial charge in [-0.05, 0) is 18.2 Å². The highest BCUT2D eigenvalue weighted by Gasteiger charge is 2.41. The van der Waals surface area contributed by atoms with Gasteiger partial charge in [0.15, 0.2) is 0 Å². The number of carbonyl (C=O) groups excluding carboxylic acids is 1. The Morgan fingerprint density at radius 1 is 1.25 bits per heavy atom. The van der Waals surface area contributed by atoms with Gasteiger partial charge in [-0.15, -0.1) is 0 Å². The highest BCUT2D eigenvalue weighted by molar-refractivity contribution is 5.95. The van der Waals surface area contributed by atoms with Crippen molar-refractivity contribution in [2.24, 2.45) is 0 Å². The van der Waals surface area contributed by atoms with E-state index in [1.807, 2.05) is 0 Å². The quantitative estimate of drug-likeness (QED) is 0.639. The number of alkyl halides is 5. The fourth-order valence-corrected chi connectivity index (χ4v) is 2.03. The molecule has 2 N–H and O–H groups in total. The summed E-state index contributed by atoms with van der Waals surface area (Å²) in [5, 5.41) is 0. The number of carbonyl (C=O) groups is 1. The zero-order valence-electron chi connectivity index (χ0n) is 10.2. The first-order valence-electron chi connectivity index (χ1n) is 5.73. The SMILES string of the molecule is Nc1cc(C(=O)N2CCC(F)(F)C2)cc(C(F)(F)F)c1. The number of halogens is 5. The first-order chi connectivity index (χ1) is 9.08. The molecule has 110 valence electrons. The van der Waals surface area contributed by atoms with Gasteiger partial charge in [-0.1, -0.05) is 0 Å². The Hall–Kier alpha value is -1.86. The molecule has 8 heteroatoms. The molecule has 0 bridgehead atoms. The standard InChI is InChI=1S/C12H11F5N2O/c13-11(14)1-2-19(6-11)10(20)7-3-8(12(15,16)17)5-9(18)4-7/h3-5H,1-2,6,18H2. The van der Waals surface area contributed by atoms with Gasteiger partial charge in [0.1, 0.15) is 0 Å². The van der Waals surface area contributed by atoms with Gasteiger partial charge < -0.3 is 10.6 Å². The van der Waals surface area contributed by atoms with Gasteiger partial charge in [0, 0.05) is 24.2 Å². The molecule has 0 atom stereocenters. The van der Waals surface area contributed by atoms with E-state index in [0.717, 1.165) is 11.0 Å². The lowest BCUT2D eigenvalue weighted by atomic mass is 10.1. The minimum Gasteiger partial charge on any atom is -0.399 e. The van der Waals surface area contributed by atoms with Gasteiger partial charge in [0.05, 0.1) is 12.1 Å². The molecule has 20 heavy (non-hydrogen) atoms. The summed E-state index contributed by atoms with van der Waals surface area (Å²) in [5.74, 6) is -3.87. The highest BCUT2D eigenvalue weighted by atomic mass is 19.4. The molecule has 2 rings (SSSR count). The van der Waals surface area contributed by atoms with E-state index in [9.17, 15) is 26.7 Å². The molecule has 0 saturated carbocycles. The topological polar surface area (TPSA) is 46.3 Å². The maximum atomic E-state index is 13.0. The fourth-order valence-electron chi connectivity index (χ4n) is 2.03. The Balaban J connectivity index is 2.29. The van der Waals surface area contributed by atoms with Crippen LogP contribution in [-0.4, -0.2) is 29.8 Å². The Morgan fingerprint density at radius 3 is 2.40 bits per heavy atom. The minimum atomic E-state index is -4.65. The summed E-state index contributed by atoms with van der Waals surface area (Å²) in [6, 6.07) is 2.36. The van der Waals surface area contributed by atoms with Gasteiger partial charge in [-0.2, -0.15) is 13.2 Å². The molecule has 0 spiro atoms. The van der Waals surface area contributed by atoms with Gasteiger partial charge in [-0.3, -0.25) is 4.79 Å². The summed E-state index contributed by atoms with van der Waals surface area (Å²) < 4.78 is 63.9. The second-order valence-electron chi connectivity index (χ2n) is 4.67. The predicted molar refractivity (Wildman–Crippen MR) is 61.3 cm³/mol. The maximum Gasteiger partial charge on any atom is 0.416 e. The van der Waals surface area contributed by atoms with E-state index in [-0.39, 0.29) is 17.8 Å². The van der Waals surface area contributed by atoms with Gasteiger partial charge in [0.2, 0.25) is 0 Å². The molecule has 1 saturated heterocycles. The van der Waals surface area contributed by atoms with Crippen LogP contribution in [0.1, 0.15) is 22.3 Å². The Morgan fingerprint density at radius 2 is 1.90 bits per heavy atom. The van der Waals surface area contributed by atoms with Crippen LogP contribution in [0.3, 0.4) is 0 Å². The van der Waals surface area contributed by atoms with Crippen LogP contribution in [0, 0.1) is 0 Å². The lowest BCUT2D eigenvalue weighted by Crippen LogP contribution is -2.31. The zero-order chi connectivity index (χ0) is 15.1. The maximum absolute atomic E-state index is 13.0. The van der Waals surface area contributed by atoms with E-state index in [1.165, 1.54) is 0 Å². The van der Waals surface area contributed by atoms with E-state index >= 15 is 0 Å². The van der Waals surface area contributed by atoms with Crippen molar-refractivity contribution >= 4 is 11.6 Å². The Bertz CT molecular complexity index is 541. The summed E-state index contributed by atoms with van der Waals surface area (Å²) >= 11 is 0. The number of hydrogen-bond acceptors (Lipinski definition) is 2. The van der Waals surface area contributed by atoms with Crippen LogP contribution < -0.4 is 5.73 Å². The van der Waals surface area contributed by atoms with Crippen LogP contribution in [0.2, 0.25) is 0 Å². The van der Waals surface area contributed by atoms with Crippen LogP contribution in [0.15, 0.2) is 18.2 Å². The lowest BCUT2D eigenvalue weighted by molar-refractivity contribution is -0.137. The fraction of sp³-hybridized carbons (Fsp3) is 0.417.